The fraction of sp³-hybridized carbons (Fsp3) is 0.111. The number of rotatable bonds is 1. The van der Waals surface area contributed by atoms with E-state index in [-0.39, 0.29) is 0 Å². The molecule has 0 nitrogen and oxygen atoms in total. The lowest BCUT2D eigenvalue weighted by Crippen LogP contribution is -1.84. The van der Waals surface area contributed by atoms with Crippen molar-refractivity contribution in [2.45, 2.75) is 6.92 Å². The molecule has 0 heterocycles. The maximum absolute atomic E-state index is 5.85. The molecule has 70 valence electrons. The van der Waals surface area contributed by atoms with E-state index < -0.39 is 0 Å². The minimum atomic E-state index is 0.456. The summed E-state index contributed by atoms with van der Waals surface area (Å²) in [7, 11) is 0. The largest absolute Gasteiger partial charge is 0.0913 e. The quantitative estimate of drug-likeness (QED) is 0.657. The average molecular weight is 256 g/mol. The van der Waals surface area contributed by atoms with Crippen LogP contribution in [-0.2, 0) is 0 Å². The first kappa shape index (κ1) is 11.2. The first-order valence-corrected chi connectivity index (χ1v) is 5.05. The lowest BCUT2D eigenvalue weighted by atomic mass is 10.1. The van der Waals surface area contributed by atoms with Gasteiger partial charge in [-0.05, 0) is 30.2 Å². The van der Waals surface area contributed by atoms with E-state index in [0.717, 1.165) is 11.1 Å². The summed E-state index contributed by atoms with van der Waals surface area (Å²) in [5.41, 5.74) is 3.04. The molecule has 0 saturated carbocycles. The zero-order valence-corrected chi connectivity index (χ0v) is 9.77. The number of halogens is 4. The normalized spacial score (nSPS) is 11.9. The number of benzene rings is 1. The van der Waals surface area contributed by atoms with E-state index in [0.29, 0.717) is 15.1 Å². The van der Waals surface area contributed by atoms with Gasteiger partial charge in [0, 0.05) is 5.54 Å². The SMILES string of the molecule is Cc1cc(Cl)c(Cl)cc1/C(Cl)=C/Cl. The van der Waals surface area contributed by atoms with Crippen molar-refractivity contribution in [2.24, 2.45) is 0 Å². The Morgan fingerprint density at radius 2 is 1.77 bits per heavy atom. The topological polar surface area (TPSA) is 0 Å². The van der Waals surface area contributed by atoms with E-state index in [1.165, 1.54) is 5.54 Å². The van der Waals surface area contributed by atoms with Gasteiger partial charge in [0.15, 0.2) is 0 Å². The van der Waals surface area contributed by atoms with Crippen LogP contribution in [0.4, 0.5) is 0 Å². The van der Waals surface area contributed by atoms with E-state index in [1.807, 2.05) is 6.92 Å². The van der Waals surface area contributed by atoms with Crippen molar-refractivity contribution < 1.29 is 0 Å². The first-order chi connectivity index (χ1) is 6.06. The van der Waals surface area contributed by atoms with E-state index in [4.69, 9.17) is 46.4 Å². The Labute approximate surface area is 97.0 Å². The molecule has 0 saturated heterocycles. The van der Waals surface area contributed by atoms with Gasteiger partial charge in [-0.3, -0.25) is 0 Å². The summed E-state index contributed by atoms with van der Waals surface area (Å²) >= 11 is 23.0. The van der Waals surface area contributed by atoms with Crippen molar-refractivity contribution in [1.29, 1.82) is 0 Å². The third-order valence-electron chi connectivity index (χ3n) is 1.62. The summed E-state index contributed by atoms with van der Waals surface area (Å²) in [5, 5.41) is 1.44. The molecular formula is C9H6Cl4. The Kier molecular flexibility index (Phi) is 3.93. The van der Waals surface area contributed by atoms with Crippen LogP contribution in [0.5, 0.6) is 0 Å². The number of hydrogen-bond donors (Lipinski definition) is 0. The molecule has 0 aliphatic heterocycles. The van der Waals surface area contributed by atoms with E-state index >= 15 is 0 Å². The lowest BCUT2D eigenvalue weighted by Gasteiger charge is -2.05. The molecule has 0 fully saturated rings. The molecule has 0 atom stereocenters. The predicted octanol–water partition coefficient (Wildman–Crippen LogP) is 5.08. The highest BCUT2D eigenvalue weighted by Gasteiger charge is 2.06. The highest BCUT2D eigenvalue weighted by molar-refractivity contribution is 6.53. The molecule has 1 rings (SSSR count). The first-order valence-electron chi connectivity index (χ1n) is 3.48. The Balaban J connectivity index is 3.32. The molecule has 0 unspecified atom stereocenters. The minimum absolute atomic E-state index is 0.456. The third-order valence-corrected chi connectivity index (χ3v) is 2.99. The maximum Gasteiger partial charge on any atom is 0.0598 e. The van der Waals surface area contributed by atoms with Crippen LogP contribution in [-0.4, -0.2) is 0 Å². The van der Waals surface area contributed by atoms with Crippen molar-refractivity contribution in [3.05, 3.63) is 38.8 Å². The van der Waals surface area contributed by atoms with Gasteiger partial charge in [-0.2, -0.15) is 0 Å². The second-order valence-electron chi connectivity index (χ2n) is 2.54. The average Bonchev–Trinajstić information content (AvgIpc) is 2.10. The van der Waals surface area contributed by atoms with E-state index in [1.54, 1.807) is 12.1 Å². The van der Waals surface area contributed by atoms with Crippen LogP contribution < -0.4 is 0 Å². The Morgan fingerprint density at radius 1 is 1.23 bits per heavy atom. The van der Waals surface area contributed by atoms with Crippen molar-refractivity contribution in [2.75, 3.05) is 0 Å². The Bertz CT molecular complexity index is 355. The zero-order valence-electron chi connectivity index (χ0n) is 6.74. The molecule has 0 aliphatic carbocycles. The van der Waals surface area contributed by atoms with E-state index in [9.17, 15) is 0 Å². The molecule has 0 N–H and O–H groups in total. The van der Waals surface area contributed by atoms with Gasteiger partial charge in [0.05, 0.1) is 15.1 Å². The van der Waals surface area contributed by atoms with Crippen LogP contribution in [0, 0.1) is 6.92 Å². The highest BCUT2D eigenvalue weighted by Crippen LogP contribution is 2.31. The number of aryl methyl sites for hydroxylation is 1. The number of hydrogen-bond acceptors (Lipinski definition) is 0. The van der Waals surface area contributed by atoms with Crippen LogP contribution in [0.15, 0.2) is 17.7 Å². The van der Waals surface area contributed by atoms with Gasteiger partial charge in [-0.1, -0.05) is 46.4 Å². The van der Waals surface area contributed by atoms with Crippen molar-refractivity contribution >= 4 is 51.4 Å². The van der Waals surface area contributed by atoms with Gasteiger partial charge in [0.25, 0.3) is 0 Å². The summed E-state index contributed by atoms with van der Waals surface area (Å²) < 4.78 is 0. The highest BCUT2D eigenvalue weighted by atomic mass is 35.5. The van der Waals surface area contributed by atoms with Crippen LogP contribution in [0.1, 0.15) is 11.1 Å². The molecule has 0 aliphatic rings. The van der Waals surface area contributed by atoms with Gasteiger partial charge in [-0.25, -0.2) is 0 Å². The molecule has 0 bridgehead atoms. The van der Waals surface area contributed by atoms with Gasteiger partial charge >= 0.3 is 0 Å². The van der Waals surface area contributed by atoms with Crippen LogP contribution in [0.25, 0.3) is 5.03 Å². The Hall–Kier alpha value is 0.120. The standard InChI is InChI=1S/C9H6Cl4/c1-5-2-7(11)8(12)3-6(5)9(13)4-10/h2-4H,1H3/b9-4-. The van der Waals surface area contributed by atoms with Gasteiger partial charge < -0.3 is 0 Å². The second kappa shape index (κ2) is 4.56. The molecule has 1 aromatic rings. The summed E-state index contributed by atoms with van der Waals surface area (Å²) in [6.45, 7) is 1.89. The lowest BCUT2D eigenvalue weighted by molar-refractivity contribution is 1.44. The maximum atomic E-state index is 5.85. The molecular weight excluding hydrogens is 250 g/mol. The fourth-order valence-corrected chi connectivity index (χ4v) is 1.67. The molecule has 4 heteroatoms. The molecule has 0 aromatic heterocycles. The van der Waals surface area contributed by atoms with Gasteiger partial charge in [0.1, 0.15) is 0 Å². The fourth-order valence-electron chi connectivity index (χ4n) is 0.962. The molecule has 13 heavy (non-hydrogen) atoms. The Morgan fingerprint density at radius 3 is 2.31 bits per heavy atom. The zero-order chi connectivity index (χ0) is 10.0. The molecule has 1 aromatic carbocycles. The van der Waals surface area contributed by atoms with Crippen LogP contribution in [0.2, 0.25) is 10.0 Å². The van der Waals surface area contributed by atoms with E-state index in [2.05, 4.69) is 0 Å². The summed E-state index contributed by atoms with van der Waals surface area (Å²) in [5.74, 6) is 0. The van der Waals surface area contributed by atoms with Crippen molar-refractivity contribution in [3.8, 4) is 0 Å². The summed E-state index contributed by atoms with van der Waals surface area (Å²) in [6, 6.07) is 3.45. The molecule has 0 spiro atoms. The van der Waals surface area contributed by atoms with Crippen molar-refractivity contribution in [1.82, 2.24) is 0 Å². The second-order valence-corrected chi connectivity index (χ2v) is 3.98. The van der Waals surface area contributed by atoms with Crippen molar-refractivity contribution in [3.63, 3.8) is 0 Å². The monoisotopic (exact) mass is 254 g/mol. The van der Waals surface area contributed by atoms with Crippen LogP contribution >= 0.6 is 46.4 Å². The van der Waals surface area contributed by atoms with Gasteiger partial charge in [0.2, 0.25) is 0 Å². The van der Waals surface area contributed by atoms with Gasteiger partial charge in [-0.15, -0.1) is 0 Å². The van der Waals surface area contributed by atoms with Crippen LogP contribution in [0.3, 0.4) is 0 Å². The summed E-state index contributed by atoms with van der Waals surface area (Å²) in [6.07, 6.45) is 0. The minimum Gasteiger partial charge on any atom is -0.0913 e. The summed E-state index contributed by atoms with van der Waals surface area (Å²) in [4.78, 5) is 0. The smallest absolute Gasteiger partial charge is 0.0598 e. The molecule has 0 amide bonds. The predicted molar refractivity (Wildman–Crippen MR) is 60.9 cm³/mol. The third kappa shape index (κ3) is 2.54. The molecule has 0 radical (unpaired) electrons.